The summed E-state index contributed by atoms with van der Waals surface area (Å²) in [6.45, 7) is 27.2. The first-order valence-electron chi connectivity index (χ1n) is 30.9. The van der Waals surface area contributed by atoms with Gasteiger partial charge in [-0.25, -0.2) is 0 Å². The van der Waals surface area contributed by atoms with Crippen LogP contribution in [0.5, 0.6) is 11.5 Å². The average molecular weight is 1040 g/mol. The van der Waals surface area contributed by atoms with Crippen LogP contribution < -0.4 is 26.0 Å². The Morgan fingerprint density at radius 1 is 0.375 bits per heavy atom. The van der Waals surface area contributed by atoms with Gasteiger partial charge in [-0.3, -0.25) is 0 Å². The molecule has 3 heterocycles. The molecule has 10 aromatic rings. The molecule has 0 bridgehead atoms. The molecule has 0 unspecified atom stereocenters. The third-order valence-corrected chi connectivity index (χ3v) is 17.3. The highest BCUT2D eigenvalue weighted by molar-refractivity contribution is 6.99. The van der Waals surface area contributed by atoms with Crippen LogP contribution in [0.15, 0.2) is 218 Å². The fraction of sp³-hybridized carbons (Fsp3) is 0.221. The lowest BCUT2D eigenvalue weighted by Crippen LogP contribution is -2.65. The van der Waals surface area contributed by atoms with E-state index in [-0.39, 0.29) is 51.4 Å². The first-order chi connectivity index (χ1) is 40.3. The van der Waals surface area contributed by atoms with Crippen LogP contribution in [0.1, 0.15) is 134 Å². The van der Waals surface area contributed by atoms with E-state index in [0.717, 1.165) is 101 Å². The molecule has 13 rings (SSSR count). The van der Waals surface area contributed by atoms with E-state index in [4.69, 9.17) is 8.85 Å². The standard InChI is InChI=1S/C77H72BNO/c1-73(2,3)55-40-54(41-56(44-55)74(4,5)6)53-37-39-67-66(43-53)78-65-42-52(49-26-16-13-17-27-49)36-38-61(65)77(62-32-22-24-34-69(62)80-70-35-25-23-33-63(70)77)64-47-58(76(10,11)12)48-68(71(64)78)79(67)72-59(50-28-18-14-19-29-50)45-57(75(7,8)9)46-60(72)51-30-20-15-21-31-51/h13-48H,1-12H3/i13D,16D,17D,26D,27D. The van der Waals surface area contributed by atoms with Gasteiger partial charge in [0, 0.05) is 33.6 Å². The molecule has 80 heavy (non-hydrogen) atoms. The van der Waals surface area contributed by atoms with Crippen molar-refractivity contribution < 1.29 is 11.6 Å². The minimum Gasteiger partial charge on any atom is -0.457 e. The van der Waals surface area contributed by atoms with Crippen molar-refractivity contribution in [2.75, 3.05) is 4.90 Å². The normalized spacial score (nSPS) is 15.0. The maximum absolute atomic E-state index is 9.46. The van der Waals surface area contributed by atoms with Gasteiger partial charge in [-0.05, 0) is 136 Å². The molecular formula is C77H72BNO. The Bertz CT molecular complexity index is 4220. The maximum atomic E-state index is 9.46. The number of ether oxygens (including phenoxy) is 1. The molecule has 1 spiro atoms. The monoisotopic (exact) mass is 1040 g/mol. The number of rotatable bonds is 5. The van der Waals surface area contributed by atoms with Gasteiger partial charge in [-0.1, -0.05) is 270 Å². The van der Waals surface area contributed by atoms with Crippen molar-refractivity contribution in [3.05, 3.63) is 263 Å². The molecule has 0 aromatic heterocycles. The van der Waals surface area contributed by atoms with Crippen LogP contribution >= 0.6 is 0 Å². The van der Waals surface area contributed by atoms with Gasteiger partial charge in [0.1, 0.15) is 11.5 Å². The number of nitrogens with zero attached hydrogens (tertiary/aromatic N) is 1. The molecule has 0 saturated heterocycles. The zero-order chi connectivity index (χ0) is 60.0. The first-order valence-corrected chi connectivity index (χ1v) is 28.4. The van der Waals surface area contributed by atoms with Gasteiger partial charge in [0.25, 0.3) is 0 Å². The molecule has 10 aromatic carbocycles. The molecule has 0 saturated carbocycles. The summed E-state index contributed by atoms with van der Waals surface area (Å²) >= 11 is 0. The summed E-state index contributed by atoms with van der Waals surface area (Å²) in [4.78, 5) is 2.60. The zero-order valence-corrected chi connectivity index (χ0v) is 48.3. The average Bonchev–Trinajstić information content (AvgIpc) is 1.28. The van der Waals surface area contributed by atoms with Crippen molar-refractivity contribution in [3.63, 3.8) is 0 Å². The summed E-state index contributed by atoms with van der Waals surface area (Å²) in [5, 5.41) is 0. The quantitative estimate of drug-likeness (QED) is 0.159. The van der Waals surface area contributed by atoms with Gasteiger partial charge < -0.3 is 9.64 Å². The van der Waals surface area contributed by atoms with Crippen LogP contribution in [-0.2, 0) is 27.1 Å². The molecule has 3 aliphatic heterocycles. The predicted molar refractivity (Wildman–Crippen MR) is 341 cm³/mol. The van der Waals surface area contributed by atoms with E-state index in [9.17, 15) is 2.74 Å². The SMILES string of the molecule is [2H]c1c([2H])c([2H])c(-c2ccc3c(c2)B2c4cc(-c5cc(C(C)(C)C)cc(C(C)(C)C)c5)ccc4N(c4c(-c5ccccc5)cc(C(C)(C)C)cc4-c4ccccc4)c4cc(C(C)(C)C)cc(c42)C32c3ccccc3Oc3ccccc32)c([2H])c1[2H]. The topological polar surface area (TPSA) is 12.5 Å². The van der Waals surface area contributed by atoms with Gasteiger partial charge in [-0.15, -0.1) is 0 Å². The van der Waals surface area contributed by atoms with Gasteiger partial charge in [0.15, 0.2) is 0 Å². The van der Waals surface area contributed by atoms with Crippen LogP contribution in [0.25, 0.3) is 44.5 Å². The highest BCUT2D eigenvalue weighted by Gasteiger charge is 2.55. The number of para-hydroxylation sites is 2. The van der Waals surface area contributed by atoms with Crippen LogP contribution in [0, 0.1) is 0 Å². The molecule has 394 valence electrons. The van der Waals surface area contributed by atoms with E-state index in [1.165, 1.54) is 22.3 Å². The maximum Gasteiger partial charge on any atom is 0.247 e. The van der Waals surface area contributed by atoms with Crippen LogP contribution in [0.4, 0.5) is 17.1 Å². The van der Waals surface area contributed by atoms with Crippen molar-refractivity contribution in [2.24, 2.45) is 0 Å². The lowest BCUT2D eigenvalue weighted by atomic mass is 9.29. The number of anilines is 3. The summed E-state index contributed by atoms with van der Waals surface area (Å²) in [5.41, 5.74) is 21.1. The summed E-state index contributed by atoms with van der Waals surface area (Å²) < 4.78 is 52.5. The fourth-order valence-electron chi connectivity index (χ4n) is 12.9. The van der Waals surface area contributed by atoms with Gasteiger partial charge >= 0.3 is 0 Å². The van der Waals surface area contributed by atoms with Gasteiger partial charge in [-0.2, -0.15) is 0 Å². The van der Waals surface area contributed by atoms with Crippen LogP contribution in [0.3, 0.4) is 0 Å². The highest BCUT2D eigenvalue weighted by Crippen LogP contribution is 2.59. The Kier molecular flexibility index (Phi) is 10.5. The largest absolute Gasteiger partial charge is 0.457 e. The molecule has 3 aliphatic rings. The predicted octanol–water partition coefficient (Wildman–Crippen LogP) is 18.6. The number of fused-ring (bicyclic) bond motifs is 10. The van der Waals surface area contributed by atoms with Crippen LogP contribution in [0.2, 0.25) is 0 Å². The van der Waals surface area contributed by atoms with Crippen molar-refractivity contribution in [1.29, 1.82) is 0 Å². The molecule has 0 N–H and O–H groups in total. The lowest BCUT2D eigenvalue weighted by Gasteiger charge is -2.51. The second kappa shape index (κ2) is 18.5. The minimum atomic E-state index is -0.981. The molecule has 0 aliphatic carbocycles. The Morgan fingerprint density at radius 2 is 0.850 bits per heavy atom. The number of hydrogen-bond acceptors (Lipinski definition) is 2. The Balaban J connectivity index is 1.27. The van der Waals surface area contributed by atoms with Gasteiger partial charge in [0.2, 0.25) is 6.71 Å². The second-order valence-electron chi connectivity index (χ2n) is 26.6. The summed E-state index contributed by atoms with van der Waals surface area (Å²) in [7, 11) is 0. The molecule has 0 amide bonds. The van der Waals surface area contributed by atoms with E-state index < -0.39 is 18.2 Å². The smallest absolute Gasteiger partial charge is 0.247 e. The molecule has 2 nitrogen and oxygen atoms in total. The van der Waals surface area contributed by atoms with Crippen molar-refractivity contribution in [2.45, 2.75) is 110 Å². The van der Waals surface area contributed by atoms with E-state index in [2.05, 4.69) is 258 Å². The first kappa shape index (κ1) is 45.7. The van der Waals surface area contributed by atoms with Crippen LogP contribution in [-0.4, -0.2) is 6.71 Å². The molecule has 3 heteroatoms. The fourth-order valence-corrected chi connectivity index (χ4v) is 12.9. The molecule has 0 fully saturated rings. The van der Waals surface area contributed by atoms with Crippen molar-refractivity contribution >= 4 is 40.2 Å². The van der Waals surface area contributed by atoms with Gasteiger partial charge in [0.05, 0.1) is 18.0 Å². The second-order valence-corrected chi connectivity index (χ2v) is 26.6. The molecular weight excluding hydrogens is 966 g/mol. The van der Waals surface area contributed by atoms with Crippen molar-refractivity contribution in [3.8, 4) is 56.0 Å². The molecule has 0 atom stereocenters. The minimum absolute atomic E-state index is 0.132. The summed E-state index contributed by atoms with van der Waals surface area (Å²) in [6.07, 6.45) is 0. The van der Waals surface area contributed by atoms with E-state index in [1.54, 1.807) is 0 Å². The van der Waals surface area contributed by atoms with E-state index in [0.29, 0.717) is 5.56 Å². The Morgan fingerprint density at radius 3 is 1.40 bits per heavy atom. The summed E-state index contributed by atoms with van der Waals surface area (Å²) in [6, 6.07) is 67.5. The lowest BCUT2D eigenvalue weighted by molar-refractivity contribution is 0.435. The Labute approximate surface area is 483 Å². The zero-order valence-electron chi connectivity index (χ0n) is 53.3. The summed E-state index contributed by atoms with van der Waals surface area (Å²) in [5.74, 6) is 1.52. The Hall–Kier alpha value is -8.14. The van der Waals surface area contributed by atoms with E-state index in [1.807, 2.05) is 18.2 Å². The number of hydrogen-bond donors (Lipinski definition) is 0. The highest BCUT2D eigenvalue weighted by atomic mass is 16.5. The number of benzene rings is 10. The van der Waals surface area contributed by atoms with E-state index >= 15 is 0 Å². The van der Waals surface area contributed by atoms with Crippen molar-refractivity contribution in [1.82, 2.24) is 0 Å². The third-order valence-electron chi connectivity index (χ3n) is 17.3. The third kappa shape index (κ3) is 8.29. The molecule has 0 radical (unpaired) electrons.